The molecule has 1 amide bonds. The molecule has 3 rings (SSSR count). The summed E-state index contributed by atoms with van der Waals surface area (Å²) >= 11 is 0. The summed E-state index contributed by atoms with van der Waals surface area (Å²) in [6.45, 7) is 0. The number of sulfonamides is 1. The predicted molar refractivity (Wildman–Crippen MR) is 80.7 cm³/mol. The molecule has 22 heavy (non-hydrogen) atoms. The van der Waals surface area contributed by atoms with Gasteiger partial charge in [0.25, 0.3) is 5.91 Å². The number of nitrogens with two attached hydrogens (primary N) is 1. The summed E-state index contributed by atoms with van der Waals surface area (Å²) in [6.07, 6.45) is 1.56. The third-order valence-electron chi connectivity index (χ3n) is 3.28. The fourth-order valence-electron chi connectivity index (χ4n) is 2.21. The molecular weight excluding hydrogens is 307 g/mol. The number of halogens is 1. The number of carbonyl (C=O) groups excluding carboxylic acids is 1. The molecule has 5 nitrogen and oxygen atoms in total. The van der Waals surface area contributed by atoms with Crippen molar-refractivity contribution < 1.29 is 17.6 Å². The molecule has 1 aliphatic rings. The molecule has 0 aromatic heterocycles. The molecule has 0 unspecified atom stereocenters. The summed E-state index contributed by atoms with van der Waals surface area (Å²) in [5.74, 6) is -0.735. The number of primary sulfonamides is 1. The van der Waals surface area contributed by atoms with Crippen molar-refractivity contribution in [2.75, 3.05) is 5.32 Å². The zero-order valence-corrected chi connectivity index (χ0v) is 12.0. The third kappa shape index (κ3) is 2.63. The summed E-state index contributed by atoms with van der Waals surface area (Å²) in [4.78, 5) is 12.0. The predicted octanol–water partition coefficient (Wildman–Crippen LogP) is 1.97. The van der Waals surface area contributed by atoms with Gasteiger partial charge in [-0.25, -0.2) is 17.9 Å². The quantitative estimate of drug-likeness (QED) is 0.830. The first kappa shape index (κ1) is 14.4. The van der Waals surface area contributed by atoms with Gasteiger partial charge < -0.3 is 5.32 Å². The molecule has 1 aliphatic heterocycles. The average Bonchev–Trinajstić information content (AvgIpc) is 2.76. The van der Waals surface area contributed by atoms with E-state index in [-0.39, 0.29) is 16.6 Å². The lowest BCUT2D eigenvalue weighted by Gasteiger charge is -2.02. The monoisotopic (exact) mass is 318 g/mol. The van der Waals surface area contributed by atoms with Crippen LogP contribution < -0.4 is 10.5 Å². The van der Waals surface area contributed by atoms with Crippen LogP contribution in [0.4, 0.5) is 10.1 Å². The molecule has 112 valence electrons. The number of rotatable bonds is 2. The number of nitrogens with one attached hydrogen (secondary N) is 1. The van der Waals surface area contributed by atoms with Crippen LogP contribution in [0.2, 0.25) is 0 Å². The highest BCUT2D eigenvalue weighted by Gasteiger charge is 2.25. The molecule has 0 saturated heterocycles. The number of anilines is 1. The van der Waals surface area contributed by atoms with Crippen LogP contribution in [0.5, 0.6) is 0 Å². The van der Waals surface area contributed by atoms with E-state index in [0.717, 1.165) is 0 Å². The van der Waals surface area contributed by atoms with Crippen LogP contribution in [0, 0.1) is 5.82 Å². The van der Waals surface area contributed by atoms with Gasteiger partial charge in [0, 0.05) is 16.8 Å². The number of fused-ring (bicyclic) bond motifs is 1. The van der Waals surface area contributed by atoms with Crippen molar-refractivity contribution in [1.29, 1.82) is 0 Å². The van der Waals surface area contributed by atoms with Gasteiger partial charge in [-0.2, -0.15) is 0 Å². The zero-order chi connectivity index (χ0) is 15.9. The second-order valence-electron chi connectivity index (χ2n) is 4.82. The van der Waals surface area contributed by atoms with Gasteiger partial charge in [0.05, 0.1) is 4.90 Å². The topological polar surface area (TPSA) is 89.3 Å². The molecule has 1 heterocycles. The van der Waals surface area contributed by atoms with Gasteiger partial charge in [-0.05, 0) is 42.0 Å². The summed E-state index contributed by atoms with van der Waals surface area (Å²) < 4.78 is 35.8. The van der Waals surface area contributed by atoms with Crippen molar-refractivity contribution >= 4 is 33.3 Å². The minimum absolute atomic E-state index is 0.0762. The van der Waals surface area contributed by atoms with Gasteiger partial charge in [0.2, 0.25) is 10.0 Å². The summed E-state index contributed by atoms with van der Waals surface area (Å²) in [5, 5.41) is 7.75. The Morgan fingerprint density at radius 3 is 2.41 bits per heavy atom. The van der Waals surface area contributed by atoms with E-state index in [1.807, 2.05) is 0 Å². The highest BCUT2D eigenvalue weighted by molar-refractivity contribution is 7.89. The zero-order valence-electron chi connectivity index (χ0n) is 11.2. The number of benzene rings is 2. The molecule has 0 spiro atoms. The van der Waals surface area contributed by atoms with Gasteiger partial charge in [-0.1, -0.05) is 12.1 Å². The largest absolute Gasteiger partial charge is 0.321 e. The Kier molecular flexibility index (Phi) is 3.31. The molecule has 2 aromatic carbocycles. The molecule has 7 heteroatoms. The number of carbonyl (C=O) groups is 1. The van der Waals surface area contributed by atoms with E-state index in [1.54, 1.807) is 6.08 Å². The highest BCUT2D eigenvalue weighted by Crippen LogP contribution is 2.34. The second-order valence-corrected chi connectivity index (χ2v) is 6.38. The minimum Gasteiger partial charge on any atom is -0.321 e. The third-order valence-corrected chi connectivity index (χ3v) is 4.19. The van der Waals surface area contributed by atoms with Crippen LogP contribution >= 0.6 is 0 Å². The minimum atomic E-state index is -3.86. The van der Waals surface area contributed by atoms with E-state index in [9.17, 15) is 17.6 Å². The summed E-state index contributed by atoms with van der Waals surface area (Å²) in [5.41, 5.74) is 1.87. The van der Waals surface area contributed by atoms with E-state index >= 15 is 0 Å². The summed E-state index contributed by atoms with van der Waals surface area (Å²) in [7, 11) is -3.86. The Bertz CT molecular complexity index is 903. The van der Waals surface area contributed by atoms with Crippen molar-refractivity contribution in [2.45, 2.75) is 4.90 Å². The average molecular weight is 318 g/mol. The maximum Gasteiger partial charge on any atom is 0.256 e. The Morgan fingerprint density at radius 2 is 1.77 bits per heavy atom. The van der Waals surface area contributed by atoms with Gasteiger partial charge in [0.1, 0.15) is 5.82 Å². The van der Waals surface area contributed by atoms with Crippen molar-refractivity contribution in [3.05, 3.63) is 59.4 Å². The van der Waals surface area contributed by atoms with Gasteiger partial charge in [-0.3, -0.25) is 4.79 Å². The van der Waals surface area contributed by atoms with Crippen LogP contribution in [0.25, 0.3) is 11.6 Å². The van der Waals surface area contributed by atoms with Crippen molar-refractivity contribution in [3.8, 4) is 0 Å². The normalized spacial score (nSPS) is 15.7. The van der Waals surface area contributed by atoms with E-state index in [4.69, 9.17) is 5.14 Å². The fourth-order valence-corrected chi connectivity index (χ4v) is 2.75. The molecule has 0 fully saturated rings. The molecule has 0 radical (unpaired) electrons. The van der Waals surface area contributed by atoms with E-state index < -0.39 is 10.0 Å². The van der Waals surface area contributed by atoms with Crippen molar-refractivity contribution in [2.24, 2.45) is 5.14 Å². The maximum atomic E-state index is 12.9. The second kappa shape index (κ2) is 5.04. The lowest BCUT2D eigenvalue weighted by molar-refractivity contribution is -0.110. The Balaban J connectivity index is 2.12. The first-order valence-corrected chi connectivity index (χ1v) is 7.85. The Labute approximate surface area is 126 Å². The first-order chi connectivity index (χ1) is 10.3. The molecular formula is C15H11FN2O3S. The molecule has 3 N–H and O–H groups in total. The Hall–Kier alpha value is -2.51. The maximum absolute atomic E-state index is 12.9. The molecule has 0 saturated carbocycles. The smallest absolute Gasteiger partial charge is 0.256 e. The lowest BCUT2D eigenvalue weighted by atomic mass is 10.0. The van der Waals surface area contributed by atoms with Crippen LogP contribution in [-0.4, -0.2) is 14.3 Å². The standard InChI is InChI=1S/C15H11FN2O3S/c16-10-3-1-9(2-4-10)7-13-12-8-11(22(17,20)21)5-6-14(12)18-15(13)19/h1-8H,(H,18,19)(H2,17,20,21). The molecule has 0 atom stereocenters. The summed E-state index contributed by atoms with van der Waals surface area (Å²) in [6, 6.07) is 9.77. The Morgan fingerprint density at radius 1 is 1.09 bits per heavy atom. The molecule has 2 aromatic rings. The molecule has 0 aliphatic carbocycles. The van der Waals surface area contributed by atoms with Gasteiger partial charge in [0.15, 0.2) is 0 Å². The number of amides is 1. The number of hydrogen-bond acceptors (Lipinski definition) is 3. The van der Waals surface area contributed by atoms with Crippen molar-refractivity contribution in [3.63, 3.8) is 0 Å². The van der Waals surface area contributed by atoms with Crippen LogP contribution in [0.3, 0.4) is 0 Å². The molecule has 0 bridgehead atoms. The van der Waals surface area contributed by atoms with Crippen LogP contribution in [-0.2, 0) is 14.8 Å². The van der Waals surface area contributed by atoms with E-state index in [1.165, 1.54) is 42.5 Å². The number of hydrogen-bond donors (Lipinski definition) is 2. The van der Waals surface area contributed by atoms with Crippen LogP contribution in [0.15, 0.2) is 47.4 Å². The van der Waals surface area contributed by atoms with Gasteiger partial charge in [-0.15, -0.1) is 0 Å². The van der Waals surface area contributed by atoms with Gasteiger partial charge >= 0.3 is 0 Å². The van der Waals surface area contributed by atoms with E-state index in [0.29, 0.717) is 22.4 Å². The highest BCUT2D eigenvalue weighted by atomic mass is 32.2. The lowest BCUT2D eigenvalue weighted by Crippen LogP contribution is -2.12. The van der Waals surface area contributed by atoms with Crippen LogP contribution in [0.1, 0.15) is 11.1 Å². The SMILES string of the molecule is NS(=O)(=O)c1ccc2c(c1)C(=Cc1ccc(F)cc1)C(=O)N2. The van der Waals surface area contributed by atoms with E-state index in [2.05, 4.69) is 5.32 Å². The first-order valence-electron chi connectivity index (χ1n) is 6.30. The fraction of sp³-hybridized carbons (Fsp3) is 0. The van der Waals surface area contributed by atoms with Crippen molar-refractivity contribution in [1.82, 2.24) is 0 Å².